The lowest BCUT2D eigenvalue weighted by Crippen LogP contribution is -2.33. The molecule has 0 heterocycles. The summed E-state index contributed by atoms with van der Waals surface area (Å²) in [6, 6.07) is 0. The van der Waals surface area contributed by atoms with Crippen molar-refractivity contribution in [3.05, 3.63) is 0 Å². The molecule has 0 aromatic carbocycles. The van der Waals surface area contributed by atoms with Gasteiger partial charge in [-0.25, -0.2) is 0 Å². The van der Waals surface area contributed by atoms with Gasteiger partial charge in [-0.3, -0.25) is 14.7 Å². The quantitative estimate of drug-likeness (QED) is 0.636. The molecule has 82 valence electrons. The normalized spacial score (nSPS) is 11.9. The highest BCUT2D eigenvalue weighted by atomic mass is 32.2. The molecule has 0 radical (unpaired) electrons. The maximum atomic E-state index is 10.9. The van der Waals surface area contributed by atoms with Crippen LogP contribution in [-0.4, -0.2) is 29.8 Å². The van der Waals surface area contributed by atoms with E-state index in [0.29, 0.717) is 25.0 Å². The molecular formula is C7H15N3O2S2. The Morgan fingerprint density at radius 3 is 2.21 bits per heavy atom. The van der Waals surface area contributed by atoms with Crippen LogP contribution in [0.25, 0.3) is 0 Å². The van der Waals surface area contributed by atoms with Gasteiger partial charge in [-0.05, 0) is 12.2 Å². The molecule has 0 spiro atoms. The van der Waals surface area contributed by atoms with Crippen LogP contribution in [0.4, 0.5) is 9.59 Å². The molecule has 0 aromatic rings. The Balaban J connectivity index is 3.50. The lowest BCUT2D eigenvalue weighted by Gasteiger charge is -2.12. The van der Waals surface area contributed by atoms with Crippen LogP contribution in [0.3, 0.4) is 0 Å². The fourth-order valence-corrected chi connectivity index (χ4v) is 1.10. The van der Waals surface area contributed by atoms with Crippen LogP contribution < -0.4 is 15.8 Å². The first-order valence-corrected chi connectivity index (χ1v) is 6.17. The van der Waals surface area contributed by atoms with Gasteiger partial charge in [-0.1, -0.05) is 18.7 Å². The highest BCUT2D eigenvalue weighted by molar-refractivity contribution is 8.13. The van der Waals surface area contributed by atoms with Crippen molar-refractivity contribution in [3.8, 4) is 0 Å². The van der Waals surface area contributed by atoms with Crippen molar-refractivity contribution < 1.29 is 9.59 Å². The van der Waals surface area contributed by atoms with Gasteiger partial charge in [-0.2, -0.15) is 0 Å². The van der Waals surface area contributed by atoms with E-state index in [1.165, 1.54) is 0 Å². The van der Waals surface area contributed by atoms with Crippen molar-refractivity contribution in [1.29, 1.82) is 0 Å². The number of carbonyl (C=O) groups is 2. The largest absolute Gasteiger partial charge is 0.347 e. The summed E-state index contributed by atoms with van der Waals surface area (Å²) in [6.45, 7) is 2.99. The van der Waals surface area contributed by atoms with Crippen LogP contribution in [0.1, 0.15) is 6.92 Å². The first-order chi connectivity index (χ1) is 6.60. The van der Waals surface area contributed by atoms with E-state index in [1.54, 1.807) is 6.26 Å². The Morgan fingerprint density at radius 1 is 1.29 bits per heavy atom. The van der Waals surface area contributed by atoms with Gasteiger partial charge >= 0.3 is 0 Å². The van der Waals surface area contributed by atoms with E-state index >= 15 is 0 Å². The van der Waals surface area contributed by atoms with Gasteiger partial charge in [0.25, 0.3) is 10.5 Å². The third-order valence-corrected chi connectivity index (χ3v) is 2.36. The molecule has 1 unspecified atom stereocenters. The standard InChI is InChI=1S/C7H15N3O2S2/c1-5(3-9-6(11)13-2)4-10-7(12)14-8/h5H,3-4,8H2,1-2H3,(H,9,11)(H,10,12). The molecule has 0 aliphatic carbocycles. The van der Waals surface area contributed by atoms with Crippen molar-refractivity contribution >= 4 is 34.2 Å². The highest BCUT2D eigenvalue weighted by Crippen LogP contribution is 1.96. The zero-order valence-electron chi connectivity index (χ0n) is 8.20. The van der Waals surface area contributed by atoms with Gasteiger partial charge in [0.05, 0.1) is 0 Å². The molecular weight excluding hydrogens is 222 g/mol. The summed E-state index contributed by atoms with van der Waals surface area (Å²) in [5.74, 6) is 0.196. The number of rotatable bonds is 4. The van der Waals surface area contributed by atoms with E-state index in [2.05, 4.69) is 10.6 Å². The molecule has 0 bridgehead atoms. The van der Waals surface area contributed by atoms with Crippen LogP contribution in [0.15, 0.2) is 0 Å². The van der Waals surface area contributed by atoms with Crippen molar-refractivity contribution in [2.75, 3.05) is 19.3 Å². The smallest absolute Gasteiger partial charge is 0.293 e. The average Bonchev–Trinajstić information content (AvgIpc) is 2.22. The fraction of sp³-hybridized carbons (Fsp3) is 0.714. The summed E-state index contributed by atoms with van der Waals surface area (Å²) in [5.41, 5.74) is 0. The summed E-state index contributed by atoms with van der Waals surface area (Å²) in [4.78, 5) is 21.6. The summed E-state index contributed by atoms with van der Waals surface area (Å²) < 4.78 is 0. The SMILES string of the molecule is CSC(=O)NCC(C)CNC(=O)SN. The summed E-state index contributed by atoms with van der Waals surface area (Å²) in [6.07, 6.45) is 1.72. The third-order valence-electron chi connectivity index (χ3n) is 1.48. The molecule has 0 aliphatic rings. The number of nitrogens with two attached hydrogens (primary N) is 1. The summed E-state index contributed by atoms with van der Waals surface area (Å²) in [7, 11) is 0. The molecule has 0 fully saturated rings. The zero-order chi connectivity index (χ0) is 11.0. The molecule has 0 aromatic heterocycles. The van der Waals surface area contributed by atoms with Crippen molar-refractivity contribution in [2.24, 2.45) is 11.1 Å². The number of nitrogens with one attached hydrogen (secondary N) is 2. The van der Waals surface area contributed by atoms with Crippen LogP contribution in [-0.2, 0) is 0 Å². The first kappa shape index (κ1) is 13.6. The molecule has 2 amide bonds. The van der Waals surface area contributed by atoms with Crippen LogP contribution in [0.2, 0.25) is 0 Å². The number of hydrogen-bond acceptors (Lipinski definition) is 5. The molecule has 4 N–H and O–H groups in total. The van der Waals surface area contributed by atoms with Gasteiger partial charge in [-0.15, -0.1) is 0 Å². The Labute approximate surface area is 92.1 Å². The highest BCUT2D eigenvalue weighted by Gasteiger charge is 2.06. The van der Waals surface area contributed by atoms with Crippen LogP contribution in [0.5, 0.6) is 0 Å². The molecule has 0 saturated carbocycles. The van der Waals surface area contributed by atoms with Gasteiger partial charge in [0.2, 0.25) is 0 Å². The Bertz CT molecular complexity index is 181. The van der Waals surface area contributed by atoms with Gasteiger partial charge < -0.3 is 10.6 Å². The van der Waals surface area contributed by atoms with Gasteiger partial charge in [0.1, 0.15) is 0 Å². The van der Waals surface area contributed by atoms with Crippen molar-refractivity contribution in [3.63, 3.8) is 0 Å². The minimum atomic E-state index is -0.256. The number of hydrogen-bond donors (Lipinski definition) is 3. The second-order valence-corrected chi connectivity index (χ2v) is 4.15. The van der Waals surface area contributed by atoms with Gasteiger partial charge in [0, 0.05) is 25.0 Å². The summed E-state index contributed by atoms with van der Waals surface area (Å²) in [5, 5.41) is 10.0. The van der Waals surface area contributed by atoms with E-state index < -0.39 is 0 Å². The molecule has 0 saturated heterocycles. The Morgan fingerprint density at radius 2 is 1.79 bits per heavy atom. The fourth-order valence-electron chi connectivity index (χ4n) is 0.701. The maximum Gasteiger partial charge on any atom is 0.293 e. The topological polar surface area (TPSA) is 84.2 Å². The predicted octanol–water partition coefficient (Wildman–Crippen LogP) is 1.01. The van der Waals surface area contributed by atoms with E-state index in [1.807, 2.05) is 6.92 Å². The van der Waals surface area contributed by atoms with Crippen molar-refractivity contribution in [1.82, 2.24) is 10.6 Å². The Kier molecular flexibility index (Phi) is 7.73. The second-order valence-electron chi connectivity index (χ2n) is 2.76. The molecule has 14 heavy (non-hydrogen) atoms. The lowest BCUT2D eigenvalue weighted by molar-refractivity contribution is 0.257. The van der Waals surface area contributed by atoms with E-state index in [4.69, 9.17) is 5.14 Å². The van der Waals surface area contributed by atoms with Crippen LogP contribution in [0, 0.1) is 5.92 Å². The minimum absolute atomic E-state index is 0.0589. The molecule has 7 heteroatoms. The second kappa shape index (κ2) is 7.95. The number of amides is 2. The first-order valence-electron chi connectivity index (χ1n) is 4.06. The molecule has 1 atom stereocenters. The average molecular weight is 237 g/mol. The maximum absolute atomic E-state index is 10.9. The van der Waals surface area contributed by atoms with Crippen LogP contribution >= 0.6 is 23.7 Å². The van der Waals surface area contributed by atoms with E-state index in [9.17, 15) is 9.59 Å². The van der Waals surface area contributed by atoms with E-state index in [0.717, 1.165) is 11.8 Å². The monoisotopic (exact) mass is 237 g/mol. The summed E-state index contributed by atoms with van der Waals surface area (Å²) >= 11 is 1.79. The molecule has 5 nitrogen and oxygen atoms in total. The molecule has 0 rings (SSSR count). The Hall–Kier alpha value is -0.400. The lowest BCUT2D eigenvalue weighted by atomic mass is 10.2. The third kappa shape index (κ3) is 7.05. The van der Waals surface area contributed by atoms with Gasteiger partial charge in [0.15, 0.2) is 0 Å². The number of thioether (sulfide) groups is 1. The number of carbonyl (C=O) groups excluding carboxylic acids is 2. The minimum Gasteiger partial charge on any atom is -0.347 e. The zero-order valence-corrected chi connectivity index (χ0v) is 9.83. The van der Waals surface area contributed by atoms with Crippen molar-refractivity contribution in [2.45, 2.75) is 6.92 Å². The predicted molar refractivity (Wildman–Crippen MR) is 61.3 cm³/mol. The molecule has 0 aliphatic heterocycles. The van der Waals surface area contributed by atoms with E-state index in [-0.39, 0.29) is 16.4 Å².